The van der Waals surface area contributed by atoms with Crippen LogP contribution in [0.15, 0.2) is 4.99 Å². The molecular weight excluding hydrogens is 152 g/mol. The van der Waals surface area contributed by atoms with E-state index in [-0.39, 0.29) is 12.1 Å². The molecule has 1 aliphatic heterocycles. The highest BCUT2D eigenvalue weighted by Crippen LogP contribution is 2.12. The summed E-state index contributed by atoms with van der Waals surface area (Å²) < 4.78 is 0. The molecule has 0 aromatic carbocycles. The zero-order valence-electron chi connectivity index (χ0n) is 8.09. The van der Waals surface area contributed by atoms with Gasteiger partial charge in [-0.15, -0.1) is 0 Å². The summed E-state index contributed by atoms with van der Waals surface area (Å²) in [5, 5.41) is 12.2. The number of hydrogen-bond donors (Lipinski definition) is 2. The van der Waals surface area contributed by atoms with E-state index in [2.05, 4.69) is 17.2 Å². The first kappa shape index (κ1) is 9.52. The normalized spacial score (nSPS) is 24.0. The summed E-state index contributed by atoms with van der Waals surface area (Å²) in [6.45, 7) is 7.19. The Bertz CT molecular complexity index is 187. The average Bonchev–Trinajstić information content (AvgIpc) is 2.35. The Hall–Kier alpha value is -0.570. The lowest BCUT2D eigenvalue weighted by molar-refractivity contribution is 0.206. The molecule has 0 aromatic heterocycles. The number of hydrogen-bond acceptors (Lipinski definition) is 3. The molecule has 70 valence electrons. The number of amidine groups is 1. The lowest BCUT2D eigenvalue weighted by Gasteiger charge is -2.24. The minimum absolute atomic E-state index is 0.139. The van der Waals surface area contributed by atoms with Crippen molar-refractivity contribution in [2.75, 3.05) is 13.2 Å². The highest BCUT2D eigenvalue weighted by Gasteiger charge is 2.21. The van der Waals surface area contributed by atoms with Crippen LogP contribution in [0.25, 0.3) is 0 Å². The molecule has 1 aliphatic rings. The Morgan fingerprint density at radius 1 is 1.67 bits per heavy atom. The van der Waals surface area contributed by atoms with Gasteiger partial charge in [0.1, 0.15) is 0 Å². The summed E-state index contributed by atoms with van der Waals surface area (Å²) in [5.74, 6) is 1.70. The van der Waals surface area contributed by atoms with E-state index in [1.54, 1.807) is 0 Å². The van der Waals surface area contributed by atoms with E-state index >= 15 is 0 Å². The maximum atomic E-state index is 9.00. The van der Waals surface area contributed by atoms with Crippen molar-refractivity contribution < 1.29 is 5.11 Å². The van der Waals surface area contributed by atoms with Gasteiger partial charge < -0.3 is 10.4 Å². The predicted molar refractivity (Wildman–Crippen MR) is 50.4 cm³/mol. The van der Waals surface area contributed by atoms with E-state index in [9.17, 15) is 0 Å². The second-order valence-corrected chi connectivity index (χ2v) is 4.26. The fourth-order valence-corrected chi connectivity index (χ4v) is 1.25. The van der Waals surface area contributed by atoms with Crippen molar-refractivity contribution in [3.63, 3.8) is 0 Å². The highest BCUT2D eigenvalue weighted by atomic mass is 16.3. The first-order valence-corrected chi connectivity index (χ1v) is 4.46. The van der Waals surface area contributed by atoms with E-state index in [0.717, 1.165) is 18.8 Å². The fraction of sp³-hybridized carbons (Fsp3) is 0.889. The number of aliphatic hydroxyl groups is 1. The lowest BCUT2D eigenvalue weighted by atomic mass is 10.1. The molecule has 1 rings (SSSR count). The van der Waals surface area contributed by atoms with Crippen LogP contribution in [0.5, 0.6) is 0 Å². The molecule has 0 aliphatic carbocycles. The van der Waals surface area contributed by atoms with Crippen LogP contribution in [0.1, 0.15) is 27.2 Å². The Morgan fingerprint density at radius 2 is 2.33 bits per heavy atom. The second kappa shape index (κ2) is 3.44. The molecule has 0 radical (unpaired) electrons. The van der Waals surface area contributed by atoms with Crippen LogP contribution in [0.4, 0.5) is 0 Å². The first-order valence-electron chi connectivity index (χ1n) is 4.46. The number of nitrogens with zero attached hydrogens (tertiary/aromatic N) is 1. The third-order valence-electron chi connectivity index (χ3n) is 2.01. The van der Waals surface area contributed by atoms with Gasteiger partial charge in [0.05, 0.1) is 18.0 Å². The first-order chi connectivity index (χ1) is 5.53. The Morgan fingerprint density at radius 3 is 2.75 bits per heavy atom. The molecule has 1 atom stereocenters. The van der Waals surface area contributed by atoms with Crippen LogP contribution < -0.4 is 5.32 Å². The van der Waals surface area contributed by atoms with E-state index in [4.69, 9.17) is 5.11 Å². The maximum Gasteiger partial charge on any atom is 0.0971 e. The van der Waals surface area contributed by atoms with Gasteiger partial charge in [0.2, 0.25) is 0 Å². The topological polar surface area (TPSA) is 44.6 Å². The third-order valence-corrected chi connectivity index (χ3v) is 2.01. The van der Waals surface area contributed by atoms with E-state index in [1.165, 1.54) is 0 Å². The number of aliphatic imine (C=N–C) groups is 1. The number of aliphatic hydroxyl groups excluding tert-OH is 1. The molecule has 1 unspecified atom stereocenters. The van der Waals surface area contributed by atoms with Gasteiger partial charge in [-0.2, -0.15) is 0 Å². The molecule has 12 heavy (non-hydrogen) atoms. The summed E-state index contributed by atoms with van der Waals surface area (Å²) >= 11 is 0. The molecule has 0 bridgehead atoms. The molecule has 0 fully saturated rings. The van der Waals surface area contributed by atoms with Gasteiger partial charge >= 0.3 is 0 Å². The fourth-order valence-electron chi connectivity index (χ4n) is 1.25. The van der Waals surface area contributed by atoms with Gasteiger partial charge in [-0.05, 0) is 19.8 Å². The molecule has 0 spiro atoms. The summed E-state index contributed by atoms with van der Waals surface area (Å²) in [7, 11) is 0. The third kappa shape index (κ3) is 2.48. The Kier molecular flexibility index (Phi) is 2.73. The van der Waals surface area contributed by atoms with Crippen LogP contribution in [0, 0.1) is 5.92 Å². The van der Waals surface area contributed by atoms with Crippen LogP contribution in [0.3, 0.4) is 0 Å². The van der Waals surface area contributed by atoms with Crippen molar-refractivity contribution in [2.24, 2.45) is 10.9 Å². The maximum absolute atomic E-state index is 9.00. The Balaban J connectivity index is 2.42. The molecule has 0 aromatic rings. The summed E-state index contributed by atoms with van der Waals surface area (Å²) in [5.41, 5.74) is -0.233. The summed E-state index contributed by atoms with van der Waals surface area (Å²) in [6.07, 6.45) is 1.02. The van der Waals surface area contributed by atoms with Crippen molar-refractivity contribution in [2.45, 2.75) is 32.7 Å². The summed E-state index contributed by atoms with van der Waals surface area (Å²) in [4.78, 5) is 4.34. The molecule has 0 saturated carbocycles. The molecule has 3 nitrogen and oxygen atoms in total. The van der Waals surface area contributed by atoms with Crippen LogP contribution in [-0.2, 0) is 0 Å². The second-order valence-electron chi connectivity index (χ2n) is 4.26. The van der Waals surface area contributed by atoms with Crippen molar-refractivity contribution in [3.8, 4) is 0 Å². The largest absolute Gasteiger partial charge is 0.394 e. The smallest absolute Gasteiger partial charge is 0.0971 e. The van der Waals surface area contributed by atoms with Crippen LogP contribution >= 0.6 is 0 Å². The van der Waals surface area contributed by atoms with Crippen molar-refractivity contribution in [1.29, 1.82) is 0 Å². The standard InChI is InChI=1S/C9H18N2O/c1-7-4-8(10-5-7)11-9(2,3)6-12/h7,12H,4-6H2,1-3H3,(H,10,11). The van der Waals surface area contributed by atoms with Gasteiger partial charge in [0.15, 0.2) is 0 Å². The minimum atomic E-state index is -0.233. The van der Waals surface area contributed by atoms with E-state index in [0.29, 0.717) is 5.92 Å². The monoisotopic (exact) mass is 170 g/mol. The van der Waals surface area contributed by atoms with Gasteiger partial charge in [-0.1, -0.05) is 6.92 Å². The van der Waals surface area contributed by atoms with Crippen molar-refractivity contribution in [1.82, 2.24) is 5.32 Å². The molecule has 2 N–H and O–H groups in total. The van der Waals surface area contributed by atoms with Gasteiger partial charge in [-0.25, -0.2) is 0 Å². The molecule has 1 heterocycles. The summed E-state index contributed by atoms with van der Waals surface area (Å²) in [6, 6.07) is 0. The minimum Gasteiger partial charge on any atom is -0.394 e. The van der Waals surface area contributed by atoms with Gasteiger partial charge in [0.25, 0.3) is 0 Å². The quantitative estimate of drug-likeness (QED) is 0.643. The lowest BCUT2D eigenvalue weighted by Crippen LogP contribution is -2.45. The highest BCUT2D eigenvalue weighted by molar-refractivity contribution is 5.84. The van der Waals surface area contributed by atoms with Crippen LogP contribution in [0.2, 0.25) is 0 Å². The SMILES string of the molecule is CC1CN=C(NC(C)(C)CO)C1. The van der Waals surface area contributed by atoms with Crippen LogP contribution in [-0.4, -0.2) is 29.6 Å². The molecule has 0 amide bonds. The molecular formula is C9H18N2O. The van der Waals surface area contributed by atoms with E-state index in [1.807, 2.05) is 13.8 Å². The zero-order valence-corrected chi connectivity index (χ0v) is 8.09. The van der Waals surface area contributed by atoms with Gasteiger partial charge in [-0.3, -0.25) is 4.99 Å². The Labute approximate surface area is 73.9 Å². The predicted octanol–water partition coefficient (Wildman–Crippen LogP) is 0.785. The number of nitrogens with one attached hydrogen (secondary N) is 1. The zero-order chi connectivity index (χ0) is 9.19. The van der Waals surface area contributed by atoms with Crippen molar-refractivity contribution >= 4 is 5.84 Å². The molecule has 0 saturated heterocycles. The van der Waals surface area contributed by atoms with E-state index < -0.39 is 0 Å². The average molecular weight is 170 g/mol. The van der Waals surface area contributed by atoms with Gasteiger partial charge in [0, 0.05) is 13.0 Å². The van der Waals surface area contributed by atoms with Crippen molar-refractivity contribution in [3.05, 3.63) is 0 Å². The molecule has 3 heteroatoms. The number of rotatable bonds is 2.